The van der Waals surface area contributed by atoms with Crippen LogP contribution >= 0.6 is 35.3 Å². The summed E-state index contributed by atoms with van der Waals surface area (Å²) in [6, 6.07) is 11.1. The molecule has 1 atom stereocenters. The Morgan fingerprint density at radius 1 is 1.30 bits per heavy atom. The number of likely N-dealkylation sites (N-methyl/N-ethyl adjacent to an activating group) is 1. The number of hydrogen-bond donors (Lipinski definition) is 2. The number of nitrogens with one attached hydrogen (secondary N) is 2. The van der Waals surface area contributed by atoms with Gasteiger partial charge >= 0.3 is 0 Å². The largest absolute Gasteiger partial charge is 0.367 e. The van der Waals surface area contributed by atoms with E-state index in [1.165, 1.54) is 15.8 Å². The average molecular weight is 545 g/mol. The summed E-state index contributed by atoms with van der Waals surface area (Å²) in [5, 5.41) is 8.79. The fourth-order valence-corrected chi connectivity index (χ4v) is 3.88. The molecule has 1 aliphatic rings. The van der Waals surface area contributed by atoms with E-state index in [4.69, 9.17) is 0 Å². The van der Waals surface area contributed by atoms with Crippen molar-refractivity contribution < 1.29 is 9.18 Å². The van der Waals surface area contributed by atoms with Crippen molar-refractivity contribution in [3.63, 3.8) is 0 Å². The van der Waals surface area contributed by atoms with Gasteiger partial charge < -0.3 is 20.4 Å². The molecule has 3 rings (SSSR count). The number of carbonyl (C=O) groups excluding carboxylic acids is 1. The van der Waals surface area contributed by atoms with E-state index in [9.17, 15) is 9.18 Å². The molecule has 1 unspecified atom stereocenters. The molecule has 1 aliphatic heterocycles. The first-order valence-corrected chi connectivity index (χ1v) is 10.7. The highest BCUT2D eigenvalue weighted by molar-refractivity contribution is 14.0. The van der Waals surface area contributed by atoms with Gasteiger partial charge in [0.05, 0.1) is 12.2 Å². The molecule has 30 heavy (non-hydrogen) atoms. The van der Waals surface area contributed by atoms with E-state index in [-0.39, 0.29) is 48.3 Å². The topological polar surface area (TPSA) is 60.0 Å². The minimum Gasteiger partial charge on any atom is -0.367 e. The Kier molecular flexibility index (Phi) is 9.83. The number of hydrogen-bond acceptors (Lipinski definition) is 4. The quantitative estimate of drug-likeness (QED) is 0.333. The Labute approximate surface area is 198 Å². The summed E-state index contributed by atoms with van der Waals surface area (Å²) in [5.74, 6) is 0.349. The van der Waals surface area contributed by atoms with E-state index < -0.39 is 0 Å². The maximum absolute atomic E-state index is 14.2. The van der Waals surface area contributed by atoms with E-state index in [1.807, 2.05) is 23.6 Å². The molecule has 0 saturated carbocycles. The Bertz CT molecular complexity index is 831. The van der Waals surface area contributed by atoms with Crippen molar-refractivity contribution in [2.45, 2.75) is 25.4 Å². The molecule has 0 bridgehead atoms. The maximum Gasteiger partial charge on any atom is 0.243 e. The van der Waals surface area contributed by atoms with Crippen molar-refractivity contribution in [2.24, 2.45) is 4.99 Å². The summed E-state index contributed by atoms with van der Waals surface area (Å²) < 4.78 is 14.2. The molecule has 1 fully saturated rings. The summed E-state index contributed by atoms with van der Waals surface area (Å²) in [6.07, 6.45) is 1.92. The summed E-state index contributed by atoms with van der Waals surface area (Å²) in [4.78, 5) is 21.2. The Morgan fingerprint density at radius 2 is 2.10 bits per heavy atom. The molecule has 1 saturated heterocycles. The van der Waals surface area contributed by atoms with Gasteiger partial charge in [-0.15, -0.1) is 35.3 Å². The fourth-order valence-electron chi connectivity index (χ4n) is 3.24. The van der Waals surface area contributed by atoms with Crippen LogP contribution in [0.1, 0.15) is 17.7 Å². The molecule has 0 aliphatic carbocycles. The second-order valence-electron chi connectivity index (χ2n) is 7.27. The molecule has 2 N–H and O–H groups in total. The summed E-state index contributed by atoms with van der Waals surface area (Å²) >= 11 is 1.67. The van der Waals surface area contributed by atoms with Crippen LogP contribution in [0.25, 0.3) is 0 Å². The zero-order chi connectivity index (χ0) is 20.6. The first-order valence-electron chi connectivity index (χ1n) is 9.80. The van der Waals surface area contributed by atoms with Crippen molar-refractivity contribution in [1.29, 1.82) is 0 Å². The van der Waals surface area contributed by atoms with Crippen molar-refractivity contribution in [3.8, 4) is 0 Å². The first-order chi connectivity index (χ1) is 14.0. The number of piperidine rings is 1. The molecule has 1 amide bonds. The highest BCUT2D eigenvalue weighted by Gasteiger charge is 2.23. The van der Waals surface area contributed by atoms with Gasteiger partial charge in [-0.25, -0.2) is 9.38 Å². The van der Waals surface area contributed by atoms with Gasteiger partial charge in [-0.05, 0) is 36.4 Å². The van der Waals surface area contributed by atoms with Crippen LogP contribution in [0, 0.1) is 5.82 Å². The predicted octanol–water partition coefficient (Wildman–Crippen LogP) is 3.30. The van der Waals surface area contributed by atoms with Crippen LogP contribution in [0.15, 0.2) is 46.8 Å². The third-order valence-electron chi connectivity index (χ3n) is 4.84. The molecule has 0 spiro atoms. The minimum atomic E-state index is -0.200. The van der Waals surface area contributed by atoms with Gasteiger partial charge in [0.1, 0.15) is 12.4 Å². The predicted molar refractivity (Wildman–Crippen MR) is 132 cm³/mol. The van der Waals surface area contributed by atoms with Crippen molar-refractivity contribution in [2.75, 3.05) is 38.6 Å². The van der Waals surface area contributed by atoms with Crippen LogP contribution in [0.4, 0.5) is 10.1 Å². The lowest BCUT2D eigenvalue weighted by Gasteiger charge is -2.35. The molecule has 1 aromatic carbocycles. The smallest absolute Gasteiger partial charge is 0.243 e. The van der Waals surface area contributed by atoms with Crippen LogP contribution in [0.5, 0.6) is 0 Å². The number of carbonyl (C=O) groups is 1. The molecule has 0 radical (unpaired) electrons. The van der Waals surface area contributed by atoms with E-state index in [1.54, 1.807) is 31.5 Å². The van der Waals surface area contributed by atoms with E-state index in [0.717, 1.165) is 19.4 Å². The molecular formula is C21H29FIN5OS. The lowest BCUT2D eigenvalue weighted by atomic mass is 10.0. The van der Waals surface area contributed by atoms with Crippen LogP contribution < -0.4 is 15.5 Å². The molecule has 2 aromatic rings. The van der Waals surface area contributed by atoms with Crippen LogP contribution in [-0.2, 0) is 11.3 Å². The third-order valence-corrected chi connectivity index (χ3v) is 5.71. The Morgan fingerprint density at radius 3 is 2.80 bits per heavy atom. The minimum absolute atomic E-state index is 0. The highest BCUT2D eigenvalue weighted by atomic mass is 127. The Hall–Kier alpha value is -1.88. The third kappa shape index (κ3) is 7.12. The van der Waals surface area contributed by atoms with Gasteiger partial charge in [-0.2, -0.15) is 0 Å². The molecule has 164 valence electrons. The summed E-state index contributed by atoms with van der Waals surface area (Å²) in [7, 11) is 3.44. The van der Waals surface area contributed by atoms with Gasteiger partial charge in [0.15, 0.2) is 5.96 Å². The first kappa shape index (κ1) is 24.4. The number of halogens is 2. The molecule has 6 nitrogen and oxygen atoms in total. The van der Waals surface area contributed by atoms with Crippen molar-refractivity contribution in [3.05, 3.63) is 52.5 Å². The number of benzene rings is 1. The number of nitrogens with zero attached hydrogens (tertiary/aromatic N) is 3. The zero-order valence-electron chi connectivity index (χ0n) is 17.3. The SMILES string of the molecule is CN(C)C(=O)CN=C(NCc1cccs1)NC1CCCN(c2ccccc2F)C1.I. The number of amides is 1. The monoisotopic (exact) mass is 545 g/mol. The van der Waals surface area contributed by atoms with Crippen molar-refractivity contribution >= 4 is 52.9 Å². The number of aliphatic imine (C=N–C) groups is 1. The van der Waals surface area contributed by atoms with Crippen LogP contribution in [0.2, 0.25) is 0 Å². The van der Waals surface area contributed by atoms with Gasteiger partial charge in [-0.3, -0.25) is 4.79 Å². The van der Waals surface area contributed by atoms with E-state index >= 15 is 0 Å². The summed E-state index contributed by atoms with van der Waals surface area (Å²) in [6.45, 7) is 2.23. The van der Waals surface area contributed by atoms with Crippen LogP contribution in [-0.4, -0.2) is 56.5 Å². The standard InChI is InChI=1S/C21H28FN5OS.HI/c1-26(2)20(28)14-24-21(23-13-17-8-6-12-29-17)25-16-7-5-11-27(15-16)19-10-4-3-9-18(19)22;/h3-4,6,8-10,12,16H,5,7,11,13-15H2,1-2H3,(H2,23,24,25);1H. The number of rotatable bonds is 6. The summed E-state index contributed by atoms with van der Waals surface area (Å²) in [5.41, 5.74) is 0.631. The Balaban J connectivity index is 0.00000320. The lowest BCUT2D eigenvalue weighted by molar-refractivity contribution is -0.127. The van der Waals surface area contributed by atoms with Gasteiger partial charge in [-0.1, -0.05) is 18.2 Å². The molecule has 1 aromatic heterocycles. The highest BCUT2D eigenvalue weighted by Crippen LogP contribution is 2.22. The van der Waals surface area contributed by atoms with E-state index in [2.05, 4.69) is 26.6 Å². The molecule has 2 heterocycles. The van der Waals surface area contributed by atoms with Gasteiger partial charge in [0.2, 0.25) is 5.91 Å². The number of anilines is 1. The fraction of sp³-hybridized carbons (Fsp3) is 0.429. The van der Waals surface area contributed by atoms with E-state index in [0.29, 0.717) is 24.7 Å². The number of guanidine groups is 1. The number of para-hydroxylation sites is 1. The average Bonchev–Trinajstić information content (AvgIpc) is 3.24. The second kappa shape index (κ2) is 12.1. The number of thiophene rings is 1. The maximum atomic E-state index is 14.2. The van der Waals surface area contributed by atoms with Gasteiger partial charge in [0.25, 0.3) is 0 Å². The molecule has 9 heteroatoms. The molecular weight excluding hydrogens is 516 g/mol. The zero-order valence-corrected chi connectivity index (χ0v) is 20.5. The normalized spacial score (nSPS) is 16.6. The van der Waals surface area contributed by atoms with Gasteiger partial charge in [0, 0.05) is 38.1 Å². The van der Waals surface area contributed by atoms with Crippen LogP contribution in [0.3, 0.4) is 0 Å². The van der Waals surface area contributed by atoms with Crippen molar-refractivity contribution in [1.82, 2.24) is 15.5 Å². The second-order valence-corrected chi connectivity index (χ2v) is 8.30. The lowest BCUT2D eigenvalue weighted by Crippen LogP contribution is -2.51.